The molecule has 1 saturated carbocycles. The molecule has 2 N–H and O–H groups in total. The first kappa shape index (κ1) is 10.9. The highest BCUT2D eigenvalue weighted by Gasteiger charge is 2.56. The first-order chi connectivity index (χ1) is 7.09. The van der Waals surface area contributed by atoms with Crippen LogP contribution >= 0.6 is 0 Å². The summed E-state index contributed by atoms with van der Waals surface area (Å²) >= 11 is 0. The summed E-state index contributed by atoms with van der Waals surface area (Å²) in [5.41, 5.74) is -0.754. The third kappa shape index (κ3) is 1.47. The fourth-order valence-corrected chi connectivity index (χ4v) is 3.27. The van der Waals surface area contributed by atoms with Crippen LogP contribution < -0.4 is 0 Å². The normalized spacial score (nSPS) is 45.9. The Labute approximate surface area is 89.2 Å². The van der Waals surface area contributed by atoms with Crippen molar-refractivity contribution in [1.29, 1.82) is 0 Å². The molecule has 2 rings (SSSR count). The van der Waals surface area contributed by atoms with Gasteiger partial charge in [-0.05, 0) is 18.8 Å². The molecule has 4 unspecified atom stereocenters. The van der Waals surface area contributed by atoms with Crippen LogP contribution in [0.15, 0.2) is 0 Å². The van der Waals surface area contributed by atoms with Crippen LogP contribution in [-0.4, -0.2) is 35.5 Å². The van der Waals surface area contributed by atoms with Crippen molar-refractivity contribution >= 4 is 5.97 Å². The van der Waals surface area contributed by atoms with Crippen molar-refractivity contribution in [2.24, 2.45) is 17.3 Å². The van der Waals surface area contributed by atoms with Crippen LogP contribution in [-0.2, 0) is 9.53 Å². The average Bonchev–Trinajstić information content (AvgIpc) is 2.72. The second-order valence-corrected chi connectivity index (χ2v) is 4.85. The van der Waals surface area contributed by atoms with E-state index >= 15 is 0 Å². The lowest BCUT2D eigenvalue weighted by atomic mass is 9.67. The van der Waals surface area contributed by atoms with Crippen LogP contribution in [0.1, 0.15) is 26.2 Å². The van der Waals surface area contributed by atoms with Crippen LogP contribution in [0.3, 0.4) is 0 Å². The molecule has 1 aliphatic carbocycles. The lowest BCUT2D eigenvalue weighted by Gasteiger charge is -2.35. The average molecular weight is 214 g/mol. The largest absolute Gasteiger partial charge is 0.481 e. The minimum atomic E-state index is -0.762. The zero-order chi connectivity index (χ0) is 11.1. The number of hydrogen-bond donors (Lipinski definition) is 2. The maximum atomic E-state index is 11.5. The quantitative estimate of drug-likeness (QED) is 0.716. The van der Waals surface area contributed by atoms with E-state index in [2.05, 4.69) is 0 Å². The van der Waals surface area contributed by atoms with Crippen molar-refractivity contribution in [3.05, 3.63) is 0 Å². The summed E-state index contributed by atoms with van der Waals surface area (Å²) in [7, 11) is 0. The van der Waals surface area contributed by atoms with Crippen molar-refractivity contribution in [3.63, 3.8) is 0 Å². The second kappa shape index (κ2) is 3.76. The molecule has 0 aromatic heterocycles. The fourth-order valence-electron chi connectivity index (χ4n) is 3.27. The number of ether oxygens (including phenoxy) is 1. The molecule has 0 aromatic rings. The Morgan fingerprint density at radius 2 is 2.20 bits per heavy atom. The maximum absolute atomic E-state index is 11.5. The first-order valence-electron chi connectivity index (χ1n) is 5.58. The molecule has 0 amide bonds. The van der Waals surface area contributed by atoms with Crippen LogP contribution in [0.4, 0.5) is 0 Å². The molecule has 1 saturated heterocycles. The van der Waals surface area contributed by atoms with Crippen molar-refractivity contribution in [1.82, 2.24) is 0 Å². The van der Waals surface area contributed by atoms with Gasteiger partial charge < -0.3 is 14.9 Å². The van der Waals surface area contributed by atoms with Gasteiger partial charge in [-0.3, -0.25) is 4.79 Å². The minimum absolute atomic E-state index is 0.136. The molecular formula is C11H18O4. The zero-order valence-electron chi connectivity index (χ0n) is 8.98. The summed E-state index contributed by atoms with van der Waals surface area (Å²) in [6, 6.07) is 0. The summed E-state index contributed by atoms with van der Waals surface area (Å²) < 4.78 is 5.19. The molecule has 0 aromatic carbocycles. The van der Waals surface area contributed by atoms with Gasteiger partial charge in [-0.15, -0.1) is 0 Å². The highest BCUT2D eigenvalue weighted by Crippen LogP contribution is 2.51. The SMILES string of the molecule is CC1CCCC1(C(=O)O)C1COCC1O. The van der Waals surface area contributed by atoms with Gasteiger partial charge in [0.2, 0.25) is 0 Å². The summed E-state index contributed by atoms with van der Waals surface area (Å²) in [5, 5.41) is 19.2. The highest BCUT2D eigenvalue weighted by molar-refractivity contribution is 5.76. The summed E-state index contributed by atoms with van der Waals surface area (Å²) in [6.07, 6.45) is 1.95. The monoisotopic (exact) mass is 214 g/mol. The predicted molar refractivity (Wildman–Crippen MR) is 53.4 cm³/mol. The number of hydrogen-bond acceptors (Lipinski definition) is 3. The molecule has 2 aliphatic rings. The first-order valence-corrected chi connectivity index (χ1v) is 5.58. The molecule has 15 heavy (non-hydrogen) atoms. The highest BCUT2D eigenvalue weighted by atomic mass is 16.5. The molecule has 4 heteroatoms. The molecule has 1 aliphatic heterocycles. The van der Waals surface area contributed by atoms with Gasteiger partial charge in [0.05, 0.1) is 24.7 Å². The number of rotatable bonds is 2. The predicted octanol–water partition coefficient (Wildman–Crippen LogP) is 0.885. The van der Waals surface area contributed by atoms with Crippen molar-refractivity contribution < 1.29 is 19.7 Å². The van der Waals surface area contributed by atoms with Crippen molar-refractivity contribution in [2.75, 3.05) is 13.2 Å². The topological polar surface area (TPSA) is 66.8 Å². The van der Waals surface area contributed by atoms with Gasteiger partial charge in [0.25, 0.3) is 0 Å². The van der Waals surface area contributed by atoms with Crippen LogP contribution in [0, 0.1) is 17.3 Å². The lowest BCUT2D eigenvalue weighted by molar-refractivity contribution is -0.158. The molecule has 0 bridgehead atoms. The standard InChI is InChI=1S/C11H18O4/c1-7-3-2-4-11(7,10(13)14)8-5-15-6-9(8)12/h7-9,12H,2-6H2,1H3,(H,13,14). The Morgan fingerprint density at radius 1 is 1.47 bits per heavy atom. The van der Waals surface area contributed by atoms with E-state index < -0.39 is 17.5 Å². The number of carboxylic acids is 1. The molecule has 4 nitrogen and oxygen atoms in total. The fraction of sp³-hybridized carbons (Fsp3) is 0.909. The van der Waals surface area contributed by atoms with E-state index in [1.807, 2.05) is 6.92 Å². The maximum Gasteiger partial charge on any atom is 0.310 e. The van der Waals surface area contributed by atoms with Gasteiger partial charge in [-0.1, -0.05) is 13.3 Å². The Morgan fingerprint density at radius 3 is 2.60 bits per heavy atom. The minimum Gasteiger partial charge on any atom is -0.481 e. The molecule has 0 radical (unpaired) electrons. The molecule has 4 atom stereocenters. The van der Waals surface area contributed by atoms with Crippen LogP contribution in [0.25, 0.3) is 0 Å². The van der Waals surface area contributed by atoms with E-state index in [4.69, 9.17) is 4.74 Å². The lowest BCUT2D eigenvalue weighted by Crippen LogP contribution is -2.45. The van der Waals surface area contributed by atoms with Crippen molar-refractivity contribution in [3.8, 4) is 0 Å². The van der Waals surface area contributed by atoms with E-state index in [1.54, 1.807) is 0 Å². The smallest absolute Gasteiger partial charge is 0.310 e. The Hall–Kier alpha value is -0.610. The molecular weight excluding hydrogens is 196 g/mol. The second-order valence-electron chi connectivity index (χ2n) is 4.85. The van der Waals surface area contributed by atoms with Crippen LogP contribution in [0.5, 0.6) is 0 Å². The van der Waals surface area contributed by atoms with Gasteiger partial charge in [-0.25, -0.2) is 0 Å². The number of carboxylic acid groups (broad SMARTS) is 1. The number of aliphatic hydroxyl groups excluding tert-OH is 1. The third-order valence-corrected chi connectivity index (χ3v) is 4.22. The molecule has 2 fully saturated rings. The summed E-state index contributed by atoms with van der Waals surface area (Å²) in [5.74, 6) is -0.856. The van der Waals surface area contributed by atoms with E-state index in [0.717, 1.165) is 12.8 Å². The molecule has 1 heterocycles. The van der Waals surface area contributed by atoms with Gasteiger partial charge in [0.15, 0.2) is 0 Å². The van der Waals surface area contributed by atoms with Gasteiger partial charge >= 0.3 is 5.97 Å². The zero-order valence-corrected chi connectivity index (χ0v) is 8.98. The van der Waals surface area contributed by atoms with Gasteiger partial charge in [-0.2, -0.15) is 0 Å². The number of aliphatic hydroxyl groups is 1. The van der Waals surface area contributed by atoms with Crippen molar-refractivity contribution in [2.45, 2.75) is 32.3 Å². The molecule has 86 valence electrons. The summed E-state index contributed by atoms with van der Waals surface area (Å²) in [4.78, 5) is 11.5. The Kier molecular flexibility index (Phi) is 2.73. The van der Waals surface area contributed by atoms with E-state index in [-0.39, 0.29) is 18.4 Å². The Bertz CT molecular complexity index is 265. The van der Waals surface area contributed by atoms with E-state index in [0.29, 0.717) is 13.0 Å². The van der Waals surface area contributed by atoms with E-state index in [1.165, 1.54) is 0 Å². The van der Waals surface area contributed by atoms with Gasteiger partial charge in [0.1, 0.15) is 0 Å². The number of aliphatic carboxylic acids is 1. The summed E-state index contributed by atoms with van der Waals surface area (Å²) in [6.45, 7) is 2.65. The van der Waals surface area contributed by atoms with Gasteiger partial charge in [0, 0.05) is 5.92 Å². The van der Waals surface area contributed by atoms with E-state index in [9.17, 15) is 15.0 Å². The number of carbonyl (C=O) groups is 1. The molecule has 0 spiro atoms. The van der Waals surface area contributed by atoms with Crippen LogP contribution in [0.2, 0.25) is 0 Å². The Balaban J connectivity index is 2.29. The third-order valence-electron chi connectivity index (χ3n) is 4.22.